The first-order valence-electron chi connectivity index (χ1n) is 4.53. The van der Waals surface area contributed by atoms with Crippen LogP contribution in [0.15, 0.2) is 9.98 Å². The Kier molecular flexibility index (Phi) is 5.60. The van der Waals surface area contributed by atoms with E-state index in [1.807, 2.05) is 0 Å². The maximum atomic E-state index is 4.50. The minimum atomic E-state index is 0.495. The van der Waals surface area contributed by atoms with Crippen LogP contribution in [-0.4, -0.2) is 25.5 Å². The molecule has 70 valence electrons. The molecule has 0 saturated carbocycles. The molecule has 0 fully saturated rings. The zero-order chi connectivity index (χ0) is 9.56. The normalized spacial score (nSPS) is 12.7. The minimum absolute atomic E-state index is 0.495. The lowest BCUT2D eigenvalue weighted by Crippen LogP contribution is -2.13. The quantitative estimate of drug-likeness (QED) is 0.563. The second kappa shape index (κ2) is 5.92. The molecule has 0 spiro atoms. The topological polar surface area (TPSA) is 24.7 Å². The molecule has 0 aromatic carbocycles. The molecule has 2 nitrogen and oxygen atoms in total. The van der Waals surface area contributed by atoms with E-state index in [0.717, 1.165) is 6.54 Å². The fourth-order valence-electron chi connectivity index (χ4n) is 0.830. The van der Waals surface area contributed by atoms with Crippen LogP contribution in [0.1, 0.15) is 27.7 Å². The summed E-state index contributed by atoms with van der Waals surface area (Å²) in [5.41, 5.74) is 1.17. The molecule has 0 bridgehead atoms. The van der Waals surface area contributed by atoms with Crippen molar-refractivity contribution in [2.75, 3.05) is 13.1 Å². The lowest BCUT2D eigenvalue weighted by atomic mass is 10.1. The minimum Gasteiger partial charge on any atom is -0.295 e. The molecular formula is C10H20N2. The number of aliphatic imine (C=N–C) groups is 2. The molecule has 2 heteroatoms. The summed E-state index contributed by atoms with van der Waals surface area (Å²) in [4.78, 5) is 8.35. The monoisotopic (exact) mass is 168 g/mol. The van der Waals surface area contributed by atoms with Crippen molar-refractivity contribution in [3.8, 4) is 0 Å². The smallest absolute Gasteiger partial charge is 0.0763 e. The van der Waals surface area contributed by atoms with Crippen molar-refractivity contribution in [1.29, 1.82) is 0 Å². The Morgan fingerprint density at radius 3 is 2.17 bits per heavy atom. The molecule has 0 saturated heterocycles. The molecule has 0 atom stereocenters. The standard InChI is InChI=1S/C10H20N2/c1-8(2)6-12-10(7-11-5)9(3)4/h8-9H,5-7H2,1-4H3. The van der Waals surface area contributed by atoms with Gasteiger partial charge in [-0.25, -0.2) is 0 Å². The zero-order valence-corrected chi connectivity index (χ0v) is 8.67. The van der Waals surface area contributed by atoms with Gasteiger partial charge in [0.2, 0.25) is 0 Å². The van der Waals surface area contributed by atoms with Crippen molar-refractivity contribution in [2.24, 2.45) is 21.8 Å². The van der Waals surface area contributed by atoms with E-state index in [-0.39, 0.29) is 0 Å². The van der Waals surface area contributed by atoms with Crippen LogP contribution in [-0.2, 0) is 0 Å². The first-order valence-corrected chi connectivity index (χ1v) is 4.53. The lowest BCUT2D eigenvalue weighted by molar-refractivity contribution is 0.659. The van der Waals surface area contributed by atoms with Gasteiger partial charge in [-0.1, -0.05) is 27.7 Å². The summed E-state index contributed by atoms with van der Waals surface area (Å²) in [7, 11) is 0. The van der Waals surface area contributed by atoms with Gasteiger partial charge in [0.1, 0.15) is 0 Å². The van der Waals surface area contributed by atoms with Crippen LogP contribution in [0.5, 0.6) is 0 Å². The maximum Gasteiger partial charge on any atom is 0.0763 e. The van der Waals surface area contributed by atoms with Gasteiger partial charge in [0, 0.05) is 12.3 Å². The third kappa shape index (κ3) is 5.05. The Labute approximate surface area is 75.8 Å². The van der Waals surface area contributed by atoms with Crippen molar-refractivity contribution < 1.29 is 0 Å². The second-order valence-corrected chi connectivity index (χ2v) is 3.76. The molecule has 0 aliphatic carbocycles. The second-order valence-electron chi connectivity index (χ2n) is 3.76. The average Bonchev–Trinajstić information content (AvgIpc) is 1.96. The highest BCUT2D eigenvalue weighted by Gasteiger charge is 2.03. The Bertz CT molecular complexity index is 157. The molecule has 0 aromatic heterocycles. The molecule has 0 amide bonds. The van der Waals surface area contributed by atoms with E-state index < -0.39 is 0 Å². The molecule has 0 heterocycles. The van der Waals surface area contributed by atoms with Crippen LogP contribution >= 0.6 is 0 Å². The number of nitrogens with zero attached hydrogens (tertiary/aromatic N) is 2. The van der Waals surface area contributed by atoms with Crippen LogP contribution < -0.4 is 0 Å². The molecule has 0 rings (SSSR count). The first-order chi connectivity index (χ1) is 5.57. The van der Waals surface area contributed by atoms with Crippen LogP contribution in [0.2, 0.25) is 0 Å². The Balaban J connectivity index is 4.08. The van der Waals surface area contributed by atoms with Crippen LogP contribution in [0.3, 0.4) is 0 Å². The third-order valence-electron chi connectivity index (χ3n) is 1.60. The van der Waals surface area contributed by atoms with Crippen molar-refractivity contribution in [3.05, 3.63) is 0 Å². The van der Waals surface area contributed by atoms with Gasteiger partial charge in [-0.2, -0.15) is 0 Å². The van der Waals surface area contributed by atoms with Crippen LogP contribution in [0.25, 0.3) is 0 Å². The average molecular weight is 168 g/mol. The number of hydrogen-bond donors (Lipinski definition) is 0. The number of rotatable bonds is 5. The summed E-state index contributed by atoms with van der Waals surface area (Å²) in [6.45, 7) is 13.7. The highest BCUT2D eigenvalue weighted by Crippen LogP contribution is 2.00. The molecule has 0 unspecified atom stereocenters. The predicted molar refractivity (Wildman–Crippen MR) is 56.4 cm³/mol. The van der Waals surface area contributed by atoms with E-state index in [2.05, 4.69) is 44.4 Å². The highest BCUT2D eigenvalue weighted by atomic mass is 14.8. The fraction of sp³-hybridized carbons (Fsp3) is 0.800. The summed E-state index contributed by atoms with van der Waals surface area (Å²) in [5.74, 6) is 1.12. The Morgan fingerprint density at radius 2 is 1.83 bits per heavy atom. The van der Waals surface area contributed by atoms with Gasteiger partial charge in [-0.3, -0.25) is 9.98 Å². The van der Waals surface area contributed by atoms with E-state index in [4.69, 9.17) is 0 Å². The van der Waals surface area contributed by atoms with Crippen molar-refractivity contribution in [2.45, 2.75) is 27.7 Å². The van der Waals surface area contributed by atoms with Crippen LogP contribution in [0.4, 0.5) is 0 Å². The van der Waals surface area contributed by atoms with E-state index in [0.29, 0.717) is 18.4 Å². The number of hydrogen-bond acceptors (Lipinski definition) is 2. The van der Waals surface area contributed by atoms with Gasteiger partial charge < -0.3 is 0 Å². The van der Waals surface area contributed by atoms with Gasteiger partial charge in [0.25, 0.3) is 0 Å². The van der Waals surface area contributed by atoms with Gasteiger partial charge in [-0.15, -0.1) is 0 Å². The first kappa shape index (κ1) is 11.3. The van der Waals surface area contributed by atoms with E-state index in [1.165, 1.54) is 5.71 Å². The summed E-state index contributed by atoms with van der Waals surface area (Å²) >= 11 is 0. The van der Waals surface area contributed by atoms with Crippen LogP contribution in [0, 0.1) is 11.8 Å². The summed E-state index contributed by atoms with van der Waals surface area (Å²) in [5, 5.41) is 0. The molecule has 12 heavy (non-hydrogen) atoms. The van der Waals surface area contributed by atoms with Crippen molar-refractivity contribution in [1.82, 2.24) is 0 Å². The largest absolute Gasteiger partial charge is 0.295 e. The predicted octanol–water partition coefficient (Wildman–Crippen LogP) is 2.44. The van der Waals surface area contributed by atoms with E-state index >= 15 is 0 Å². The summed E-state index contributed by atoms with van der Waals surface area (Å²) in [6.07, 6.45) is 0. The molecule has 0 N–H and O–H groups in total. The molecular weight excluding hydrogens is 148 g/mol. The van der Waals surface area contributed by atoms with Crippen molar-refractivity contribution >= 4 is 12.4 Å². The summed E-state index contributed by atoms with van der Waals surface area (Å²) < 4.78 is 0. The Morgan fingerprint density at radius 1 is 1.25 bits per heavy atom. The molecule has 0 aliphatic heterocycles. The fourth-order valence-corrected chi connectivity index (χ4v) is 0.830. The van der Waals surface area contributed by atoms with Crippen molar-refractivity contribution in [3.63, 3.8) is 0 Å². The van der Waals surface area contributed by atoms with Gasteiger partial charge >= 0.3 is 0 Å². The zero-order valence-electron chi connectivity index (χ0n) is 8.67. The van der Waals surface area contributed by atoms with Gasteiger partial charge in [0.15, 0.2) is 0 Å². The maximum absolute atomic E-state index is 4.50. The Hall–Kier alpha value is -0.660. The SMILES string of the molecule is C=NCC(=NCC(C)C)C(C)C. The summed E-state index contributed by atoms with van der Waals surface area (Å²) in [6, 6.07) is 0. The molecule has 0 radical (unpaired) electrons. The van der Waals surface area contributed by atoms with Gasteiger partial charge in [-0.05, 0) is 18.6 Å². The lowest BCUT2D eigenvalue weighted by Gasteiger charge is -2.08. The molecule has 0 aliphatic rings. The third-order valence-corrected chi connectivity index (χ3v) is 1.60. The van der Waals surface area contributed by atoms with E-state index in [1.54, 1.807) is 0 Å². The highest BCUT2D eigenvalue weighted by molar-refractivity contribution is 5.88. The van der Waals surface area contributed by atoms with E-state index in [9.17, 15) is 0 Å². The van der Waals surface area contributed by atoms with Gasteiger partial charge in [0.05, 0.1) is 6.54 Å². The molecule has 0 aromatic rings.